The van der Waals surface area contributed by atoms with E-state index >= 15 is 0 Å². The molecule has 0 saturated carbocycles. The quantitative estimate of drug-likeness (QED) is 0.169. The Morgan fingerprint density at radius 2 is 0.948 bits per heavy atom. The van der Waals surface area contributed by atoms with Crippen molar-refractivity contribution in [3.63, 3.8) is 0 Å². The second-order valence-electron chi connectivity index (χ2n) is 15.5. The van der Waals surface area contributed by atoms with E-state index in [0.717, 1.165) is 72.4 Å². The highest BCUT2D eigenvalue weighted by molar-refractivity contribution is 6.23. The molecule has 13 rings (SSSR count). The first-order chi connectivity index (χ1) is 28.7. The molecule has 0 atom stereocenters. The Morgan fingerprint density at radius 3 is 1.78 bits per heavy atom. The molecular formula is C53H31N5. The van der Waals surface area contributed by atoms with Crippen LogP contribution in [0.15, 0.2) is 176 Å². The molecule has 0 bridgehead atoms. The van der Waals surface area contributed by atoms with Crippen LogP contribution in [0, 0.1) is 0 Å². The molecule has 0 amide bonds. The van der Waals surface area contributed by atoms with Crippen molar-refractivity contribution < 1.29 is 0 Å². The van der Waals surface area contributed by atoms with Crippen LogP contribution in [0.1, 0.15) is 5.56 Å². The van der Waals surface area contributed by atoms with Gasteiger partial charge in [-0.15, -0.1) is 0 Å². The number of hydrogen-bond donors (Lipinski definition) is 0. The van der Waals surface area contributed by atoms with Crippen LogP contribution < -0.4 is 0 Å². The Morgan fingerprint density at radius 1 is 0.362 bits per heavy atom. The number of hydrogen-bond acceptors (Lipinski definition) is 4. The first-order valence-electron chi connectivity index (χ1n) is 19.7. The summed E-state index contributed by atoms with van der Waals surface area (Å²) in [5, 5.41) is 14.6. The van der Waals surface area contributed by atoms with Crippen LogP contribution in [-0.2, 0) is 6.54 Å². The van der Waals surface area contributed by atoms with Crippen molar-refractivity contribution in [2.45, 2.75) is 6.54 Å². The van der Waals surface area contributed by atoms with Crippen molar-refractivity contribution in [2.75, 3.05) is 0 Å². The van der Waals surface area contributed by atoms with Gasteiger partial charge in [-0.3, -0.25) is 19.9 Å². The molecule has 5 nitrogen and oxygen atoms in total. The Balaban J connectivity index is 1.04. The predicted octanol–water partition coefficient (Wildman–Crippen LogP) is 13.3. The molecular weight excluding hydrogens is 707 g/mol. The Bertz CT molecular complexity index is 3830. The van der Waals surface area contributed by atoms with Gasteiger partial charge in [0.05, 0.1) is 22.1 Å². The third-order valence-corrected chi connectivity index (χ3v) is 12.3. The lowest BCUT2D eigenvalue weighted by atomic mass is 9.92. The van der Waals surface area contributed by atoms with Gasteiger partial charge in [0, 0.05) is 80.2 Å². The molecule has 0 aliphatic rings. The largest absolute Gasteiger partial charge is 0.336 e. The van der Waals surface area contributed by atoms with E-state index in [1.54, 1.807) is 0 Å². The van der Waals surface area contributed by atoms with Gasteiger partial charge in [0.25, 0.3) is 0 Å². The summed E-state index contributed by atoms with van der Waals surface area (Å²) < 4.78 is 2.50. The fraction of sp³-hybridized carbons (Fsp3) is 0.0189. The molecule has 0 N–H and O–H groups in total. The lowest BCUT2D eigenvalue weighted by molar-refractivity contribution is 0.876. The smallest absolute Gasteiger partial charge is 0.0970 e. The van der Waals surface area contributed by atoms with Gasteiger partial charge in [-0.05, 0) is 109 Å². The summed E-state index contributed by atoms with van der Waals surface area (Å²) in [5.74, 6) is 0. The number of benzene rings is 8. The fourth-order valence-corrected chi connectivity index (χ4v) is 9.64. The highest BCUT2D eigenvalue weighted by atomic mass is 15.0. The van der Waals surface area contributed by atoms with Crippen LogP contribution in [0.3, 0.4) is 0 Å². The van der Waals surface area contributed by atoms with Gasteiger partial charge in [-0.2, -0.15) is 0 Å². The Kier molecular flexibility index (Phi) is 6.44. The average Bonchev–Trinajstić information content (AvgIpc) is 3.59. The summed E-state index contributed by atoms with van der Waals surface area (Å²) in [6.07, 6.45) is 7.54. The number of rotatable bonds is 4. The van der Waals surface area contributed by atoms with E-state index in [4.69, 9.17) is 15.0 Å². The summed E-state index contributed by atoms with van der Waals surface area (Å²) in [5.41, 5.74) is 11.9. The van der Waals surface area contributed by atoms with Gasteiger partial charge in [0.15, 0.2) is 0 Å². The van der Waals surface area contributed by atoms with Crippen LogP contribution in [0.4, 0.5) is 0 Å². The van der Waals surface area contributed by atoms with Crippen LogP contribution in [0.5, 0.6) is 0 Å². The lowest BCUT2D eigenvalue weighted by Gasteiger charge is -2.15. The summed E-state index contributed by atoms with van der Waals surface area (Å²) >= 11 is 0. The maximum Gasteiger partial charge on any atom is 0.0970 e. The second-order valence-corrected chi connectivity index (χ2v) is 15.5. The first kappa shape index (κ1) is 31.4. The predicted molar refractivity (Wildman–Crippen MR) is 241 cm³/mol. The zero-order valence-electron chi connectivity index (χ0n) is 31.2. The summed E-state index contributed by atoms with van der Waals surface area (Å²) in [4.78, 5) is 19.2. The van der Waals surface area contributed by atoms with E-state index in [1.807, 2.05) is 43.0 Å². The molecule has 0 fully saturated rings. The Labute approximate surface area is 331 Å². The lowest BCUT2D eigenvalue weighted by Crippen LogP contribution is -2.01. The molecule has 58 heavy (non-hydrogen) atoms. The number of nitrogens with zero attached hydrogens (tertiary/aromatic N) is 5. The third-order valence-electron chi connectivity index (χ3n) is 12.3. The minimum atomic E-state index is 0.735. The van der Waals surface area contributed by atoms with E-state index in [-0.39, 0.29) is 0 Å². The zero-order valence-corrected chi connectivity index (χ0v) is 31.2. The minimum Gasteiger partial charge on any atom is -0.336 e. The molecule has 5 heteroatoms. The van der Waals surface area contributed by atoms with Gasteiger partial charge in [0.1, 0.15) is 0 Å². The van der Waals surface area contributed by atoms with Crippen molar-refractivity contribution in [1.82, 2.24) is 24.5 Å². The van der Waals surface area contributed by atoms with E-state index < -0.39 is 0 Å². The molecule has 13 aromatic rings. The maximum atomic E-state index is 4.98. The molecule has 0 saturated heterocycles. The van der Waals surface area contributed by atoms with Crippen molar-refractivity contribution in [2.24, 2.45) is 0 Å². The van der Waals surface area contributed by atoms with E-state index in [0.29, 0.717) is 0 Å². The maximum absolute atomic E-state index is 4.98. The van der Waals surface area contributed by atoms with Crippen LogP contribution in [0.2, 0.25) is 0 Å². The minimum absolute atomic E-state index is 0.735. The van der Waals surface area contributed by atoms with Crippen LogP contribution in [0.25, 0.3) is 120 Å². The Hall–Kier alpha value is -7.76. The van der Waals surface area contributed by atoms with Crippen LogP contribution in [-0.4, -0.2) is 24.5 Å². The van der Waals surface area contributed by atoms with Gasteiger partial charge in [0.2, 0.25) is 0 Å². The van der Waals surface area contributed by atoms with E-state index in [2.05, 4.69) is 143 Å². The molecule has 0 aliphatic heterocycles. The molecule has 0 aliphatic carbocycles. The zero-order chi connectivity index (χ0) is 37.9. The standard InChI is InChI=1S/C53H31N5/c1-5-31-10-11-33-12-15-39(41-19-16-32(6-1)48(31)49(33)41)30-58-46-20-17-35(40-25-38-14-13-34-7-2-22-54-50(34)51(38)57-29-40)26-44(46)45-27-36(18-21-47(45)58)43-28-37-8-3-23-55-52(37)53-42(43)9-4-24-56-53/h1-29H,30H2. The van der Waals surface area contributed by atoms with E-state index in [1.165, 1.54) is 59.7 Å². The molecule has 268 valence electrons. The van der Waals surface area contributed by atoms with Gasteiger partial charge >= 0.3 is 0 Å². The SMILES string of the molecule is c1cnc2c(c1)ccc1cc(-c3ccc4c(c3)c3cc(-c5cc6cccnc6c6ncccc56)ccc3n4Cc3ccc4ccc5cccc6ccc3c4c56)cnc12. The van der Waals surface area contributed by atoms with Gasteiger partial charge in [-0.25, -0.2) is 0 Å². The molecule has 8 aromatic carbocycles. The highest BCUT2D eigenvalue weighted by Crippen LogP contribution is 2.41. The van der Waals surface area contributed by atoms with Gasteiger partial charge < -0.3 is 4.57 Å². The summed E-state index contributed by atoms with van der Waals surface area (Å²) in [6, 6.07) is 55.4. The molecule has 0 radical (unpaired) electrons. The topological polar surface area (TPSA) is 56.5 Å². The monoisotopic (exact) mass is 737 g/mol. The number of pyridine rings is 4. The van der Waals surface area contributed by atoms with Crippen molar-refractivity contribution in [1.29, 1.82) is 0 Å². The summed E-state index contributed by atoms with van der Waals surface area (Å²) in [7, 11) is 0. The molecule has 5 aromatic heterocycles. The number of fused-ring (bicyclic) bond motifs is 9. The fourth-order valence-electron chi connectivity index (χ4n) is 9.64. The average molecular weight is 738 g/mol. The highest BCUT2D eigenvalue weighted by Gasteiger charge is 2.18. The normalized spacial score (nSPS) is 12.2. The third kappa shape index (κ3) is 4.53. The first-order valence-corrected chi connectivity index (χ1v) is 19.7. The number of aromatic nitrogens is 5. The summed E-state index contributed by atoms with van der Waals surface area (Å²) in [6.45, 7) is 0.735. The van der Waals surface area contributed by atoms with Gasteiger partial charge in [-0.1, -0.05) is 97.1 Å². The van der Waals surface area contributed by atoms with Crippen molar-refractivity contribution in [3.8, 4) is 22.3 Å². The molecule has 0 spiro atoms. The van der Waals surface area contributed by atoms with Crippen molar-refractivity contribution in [3.05, 3.63) is 182 Å². The van der Waals surface area contributed by atoms with Crippen molar-refractivity contribution >= 4 is 97.7 Å². The molecule has 0 unspecified atom stereocenters. The molecule has 5 heterocycles. The van der Waals surface area contributed by atoms with Crippen LogP contribution >= 0.6 is 0 Å². The van der Waals surface area contributed by atoms with E-state index in [9.17, 15) is 0 Å². The second kappa shape index (κ2) is 11.9.